The third kappa shape index (κ3) is 7.01. The van der Waals surface area contributed by atoms with Crippen LogP contribution in [0.2, 0.25) is 15.1 Å². The molecule has 3 rings (SSSR count). The number of ether oxygens (including phenoxy) is 1. The summed E-state index contributed by atoms with van der Waals surface area (Å²) in [5, 5.41) is 15.0. The predicted molar refractivity (Wildman–Crippen MR) is 140 cm³/mol. The van der Waals surface area contributed by atoms with Gasteiger partial charge in [-0.2, -0.15) is 0 Å². The minimum absolute atomic E-state index is 0.0102. The zero-order valence-electron chi connectivity index (χ0n) is 18.9. The molecule has 0 fully saturated rings. The Balaban J connectivity index is 1.64. The first kappa shape index (κ1) is 27.5. The highest BCUT2D eigenvalue weighted by Gasteiger charge is 2.16. The molecule has 0 aliphatic rings. The maximum absolute atomic E-state index is 12.5. The van der Waals surface area contributed by atoms with Crippen LogP contribution in [0.5, 0.6) is 0 Å². The van der Waals surface area contributed by atoms with Crippen LogP contribution in [0.15, 0.2) is 54.2 Å². The number of carbonyl (C=O) groups excluding carboxylic acids is 3. The van der Waals surface area contributed by atoms with Crippen molar-refractivity contribution in [3.63, 3.8) is 0 Å². The molecule has 3 aromatic rings. The van der Waals surface area contributed by atoms with Crippen LogP contribution in [0, 0.1) is 0 Å². The summed E-state index contributed by atoms with van der Waals surface area (Å²) < 4.78 is 6.41. The SMILES string of the molecule is C=CCn1c(CNC(=O)c2ccc(Cl)c(Cl)c2)nnc1SCC(=O)Nc1cc(C(=O)OC)ccc1Cl. The summed E-state index contributed by atoms with van der Waals surface area (Å²) in [6, 6.07) is 9.00. The van der Waals surface area contributed by atoms with E-state index in [1.165, 1.54) is 37.4 Å². The van der Waals surface area contributed by atoms with Crippen molar-refractivity contribution in [1.29, 1.82) is 0 Å². The number of hydrogen-bond acceptors (Lipinski definition) is 7. The molecule has 9 nitrogen and oxygen atoms in total. The topological polar surface area (TPSA) is 115 Å². The van der Waals surface area contributed by atoms with E-state index in [0.29, 0.717) is 28.1 Å². The second-order valence-corrected chi connectivity index (χ2v) is 9.30. The van der Waals surface area contributed by atoms with Crippen LogP contribution >= 0.6 is 46.6 Å². The Hall–Kier alpha value is -3.05. The minimum atomic E-state index is -0.548. The van der Waals surface area contributed by atoms with Gasteiger partial charge in [-0.15, -0.1) is 16.8 Å². The fraction of sp³-hybridized carbons (Fsp3) is 0.174. The van der Waals surface area contributed by atoms with Gasteiger partial charge in [0, 0.05) is 12.1 Å². The zero-order chi connectivity index (χ0) is 26.2. The van der Waals surface area contributed by atoms with Crippen molar-refractivity contribution < 1.29 is 19.1 Å². The van der Waals surface area contributed by atoms with Crippen molar-refractivity contribution in [2.24, 2.45) is 0 Å². The summed E-state index contributed by atoms with van der Waals surface area (Å²) >= 11 is 19.2. The molecule has 0 bridgehead atoms. The molecule has 0 saturated carbocycles. The summed E-state index contributed by atoms with van der Waals surface area (Å²) in [7, 11) is 1.26. The number of nitrogens with zero attached hydrogens (tertiary/aromatic N) is 3. The summed E-state index contributed by atoms with van der Waals surface area (Å²) in [5.74, 6) is -0.815. The van der Waals surface area contributed by atoms with Gasteiger partial charge in [-0.1, -0.05) is 52.6 Å². The molecule has 1 heterocycles. The van der Waals surface area contributed by atoms with E-state index in [2.05, 4.69) is 32.1 Å². The molecule has 188 valence electrons. The molecule has 0 atom stereocenters. The number of hydrogen-bond donors (Lipinski definition) is 2. The second-order valence-electron chi connectivity index (χ2n) is 7.13. The first-order valence-electron chi connectivity index (χ1n) is 10.3. The smallest absolute Gasteiger partial charge is 0.337 e. The lowest BCUT2D eigenvalue weighted by atomic mass is 10.2. The highest BCUT2D eigenvalue weighted by Crippen LogP contribution is 2.25. The molecule has 0 unspecified atom stereocenters. The summed E-state index contributed by atoms with van der Waals surface area (Å²) in [6.07, 6.45) is 1.65. The molecular formula is C23H20Cl3N5O4S. The quantitative estimate of drug-likeness (QED) is 0.204. The molecule has 2 N–H and O–H groups in total. The van der Waals surface area contributed by atoms with Crippen molar-refractivity contribution in [2.75, 3.05) is 18.2 Å². The summed E-state index contributed by atoms with van der Waals surface area (Å²) in [4.78, 5) is 36.7. The largest absolute Gasteiger partial charge is 0.465 e. The van der Waals surface area contributed by atoms with E-state index in [-0.39, 0.29) is 45.4 Å². The third-order valence-electron chi connectivity index (χ3n) is 4.69. The van der Waals surface area contributed by atoms with E-state index in [4.69, 9.17) is 34.8 Å². The fourth-order valence-corrected chi connectivity index (χ4v) is 4.18. The molecule has 2 aromatic carbocycles. The zero-order valence-corrected chi connectivity index (χ0v) is 22.0. The Morgan fingerprint density at radius 2 is 1.78 bits per heavy atom. The normalized spacial score (nSPS) is 10.6. The molecule has 36 heavy (non-hydrogen) atoms. The first-order chi connectivity index (χ1) is 17.2. The number of benzene rings is 2. The fourth-order valence-electron chi connectivity index (χ4n) is 2.95. The van der Waals surface area contributed by atoms with Gasteiger partial charge in [-0.3, -0.25) is 9.59 Å². The van der Waals surface area contributed by atoms with Crippen LogP contribution in [-0.4, -0.2) is 45.4 Å². The van der Waals surface area contributed by atoms with Crippen LogP contribution in [0.25, 0.3) is 0 Å². The van der Waals surface area contributed by atoms with Gasteiger partial charge in [0.25, 0.3) is 5.91 Å². The third-order valence-corrected chi connectivity index (χ3v) is 6.72. The number of esters is 1. The first-order valence-corrected chi connectivity index (χ1v) is 12.4. The van der Waals surface area contributed by atoms with Gasteiger partial charge in [0.15, 0.2) is 11.0 Å². The standard InChI is InChI=1S/C23H20Cl3N5O4S/c1-3-8-31-19(11-27-21(33)13-4-6-15(24)17(26)9-13)29-30-23(31)36-12-20(32)28-18-10-14(22(34)35-2)5-7-16(18)25/h3-7,9-10H,1,8,11-12H2,2H3,(H,27,33)(H,28,32). The van der Waals surface area contributed by atoms with Gasteiger partial charge in [-0.05, 0) is 36.4 Å². The van der Waals surface area contributed by atoms with Crippen molar-refractivity contribution in [3.8, 4) is 0 Å². The average Bonchev–Trinajstić information content (AvgIpc) is 3.25. The number of aromatic nitrogens is 3. The van der Waals surface area contributed by atoms with Crippen LogP contribution in [-0.2, 0) is 22.6 Å². The van der Waals surface area contributed by atoms with Crippen molar-refractivity contribution >= 4 is 70.0 Å². The van der Waals surface area contributed by atoms with Crippen molar-refractivity contribution in [3.05, 3.63) is 81.1 Å². The van der Waals surface area contributed by atoms with Crippen LogP contribution < -0.4 is 10.6 Å². The highest BCUT2D eigenvalue weighted by atomic mass is 35.5. The van der Waals surface area contributed by atoms with E-state index in [1.807, 2.05) is 0 Å². The lowest BCUT2D eigenvalue weighted by Gasteiger charge is -2.10. The van der Waals surface area contributed by atoms with Gasteiger partial charge in [0.2, 0.25) is 5.91 Å². The Morgan fingerprint density at radius 1 is 1.06 bits per heavy atom. The molecule has 0 aliphatic heterocycles. The molecule has 0 aliphatic carbocycles. The Bertz CT molecular complexity index is 1310. The average molecular weight is 569 g/mol. The Kier molecular flexibility index (Phi) is 9.77. The maximum atomic E-state index is 12.5. The second kappa shape index (κ2) is 12.8. The molecule has 0 saturated heterocycles. The number of allylic oxidation sites excluding steroid dienone is 1. The van der Waals surface area contributed by atoms with E-state index in [0.717, 1.165) is 11.8 Å². The maximum Gasteiger partial charge on any atom is 0.337 e. The lowest BCUT2D eigenvalue weighted by Crippen LogP contribution is -2.25. The van der Waals surface area contributed by atoms with E-state index >= 15 is 0 Å². The lowest BCUT2D eigenvalue weighted by molar-refractivity contribution is -0.113. The number of methoxy groups -OCH3 is 1. The number of thioether (sulfide) groups is 1. The molecule has 13 heteroatoms. The molecule has 2 amide bonds. The number of carbonyl (C=O) groups is 3. The number of anilines is 1. The van der Waals surface area contributed by atoms with Gasteiger partial charge in [0.05, 0.1) is 45.7 Å². The van der Waals surface area contributed by atoms with Gasteiger partial charge < -0.3 is 19.9 Å². The minimum Gasteiger partial charge on any atom is -0.465 e. The van der Waals surface area contributed by atoms with Gasteiger partial charge >= 0.3 is 5.97 Å². The molecular weight excluding hydrogens is 549 g/mol. The molecule has 1 aromatic heterocycles. The molecule has 0 radical (unpaired) electrons. The van der Waals surface area contributed by atoms with Crippen molar-refractivity contribution in [2.45, 2.75) is 18.2 Å². The number of amides is 2. The van der Waals surface area contributed by atoms with Gasteiger partial charge in [-0.25, -0.2) is 4.79 Å². The summed E-state index contributed by atoms with van der Waals surface area (Å²) in [6.45, 7) is 4.19. The van der Waals surface area contributed by atoms with E-state index in [1.54, 1.807) is 16.7 Å². The van der Waals surface area contributed by atoms with Crippen LogP contribution in [0.1, 0.15) is 26.5 Å². The highest BCUT2D eigenvalue weighted by molar-refractivity contribution is 7.99. The Labute approximate surface area is 226 Å². The van der Waals surface area contributed by atoms with E-state index < -0.39 is 5.97 Å². The van der Waals surface area contributed by atoms with Gasteiger partial charge in [0.1, 0.15) is 0 Å². The number of nitrogens with one attached hydrogen (secondary N) is 2. The Morgan fingerprint density at radius 3 is 2.47 bits per heavy atom. The number of rotatable bonds is 10. The van der Waals surface area contributed by atoms with E-state index in [9.17, 15) is 14.4 Å². The van der Waals surface area contributed by atoms with Crippen molar-refractivity contribution in [1.82, 2.24) is 20.1 Å². The van der Waals surface area contributed by atoms with Crippen LogP contribution in [0.3, 0.4) is 0 Å². The monoisotopic (exact) mass is 567 g/mol. The summed E-state index contributed by atoms with van der Waals surface area (Å²) in [5.41, 5.74) is 0.881. The molecule has 0 spiro atoms. The number of halogens is 3. The van der Waals surface area contributed by atoms with Crippen LogP contribution in [0.4, 0.5) is 5.69 Å². The predicted octanol–water partition coefficient (Wildman–Crippen LogP) is 4.87.